The molecule has 2 aromatic heterocycles. The highest BCUT2D eigenvalue weighted by molar-refractivity contribution is 7.15. The van der Waals surface area contributed by atoms with Gasteiger partial charge >= 0.3 is 5.97 Å². The lowest BCUT2D eigenvalue weighted by molar-refractivity contribution is 0.0489. The molecule has 0 saturated heterocycles. The molecule has 0 N–H and O–H groups in total. The number of carbonyl (C=O) groups excluding carboxylic acids is 1. The Labute approximate surface area is 128 Å². The van der Waals surface area contributed by atoms with Gasteiger partial charge < -0.3 is 9.15 Å². The predicted octanol–water partition coefficient (Wildman–Crippen LogP) is 4.02. The third-order valence-electron chi connectivity index (χ3n) is 3.70. The first-order chi connectivity index (χ1) is 10.2. The zero-order chi connectivity index (χ0) is 14.8. The van der Waals surface area contributed by atoms with Gasteiger partial charge in [0, 0.05) is 4.88 Å². The van der Waals surface area contributed by atoms with Gasteiger partial charge in [0.2, 0.25) is 11.7 Å². The van der Waals surface area contributed by atoms with Crippen LogP contribution < -0.4 is 0 Å². The summed E-state index contributed by atoms with van der Waals surface area (Å²) in [5, 5.41) is 0. The van der Waals surface area contributed by atoms with Crippen molar-refractivity contribution in [2.45, 2.75) is 46.0 Å². The number of esters is 1. The summed E-state index contributed by atoms with van der Waals surface area (Å²) in [6, 6.07) is 2.17. The molecule has 0 fully saturated rings. The van der Waals surface area contributed by atoms with Gasteiger partial charge in [-0.15, -0.1) is 11.3 Å². The number of hydrogen-bond acceptors (Lipinski definition) is 5. The van der Waals surface area contributed by atoms with Crippen LogP contribution in [-0.2, 0) is 24.0 Å². The molecule has 0 saturated carbocycles. The van der Waals surface area contributed by atoms with E-state index in [9.17, 15) is 4.79 Å². The van der Waals surface area contributed by atoms with Gasteiger partial charge in [-0.3, -0.25) is 0 Å². The van der Waals surface area contributed by atoms with E-state index in [1.165, 1.54) is 23.3 Å². The molecule has 3 rings (SSSR count). The van der Waals surface area contributed by atoms with Crippen molar-refractivity contribution in [1.82, 2.24) is 4.98 Å². The molecule has 0 aromatic carbocycles. The third kappa shape index (κ3) is 2.75. The molecule has 1 aliphatic rings. The van der Waals surface area contributed by atoms with Gasteiger partial charge in [-0.2, -0.15) is 0 Å². The summed E-state index contributed by atoms with van der Waals surface area (Å²) in [7, 11) is 0. The predicted molar refractivity (Wildman–Crippen MR) is 81.8 cm³/mol. The molecule has 2 heterocycles. The topological polar surface area (TPSA) is 52.3 Å². The average Bonchev–Trinajstić information content (AvgIpc) is 3.11. The summed E-state index contributed by atoms with van der Waals surface area (Å²) in [6.45, 7) is 4.09. The molecule has 0 atom stereocenters. The zero-order valence-electron chi connectivity index (χ0n) is 12.4. The van der Waals surface area contributed by atoms with Crippen molar-refractivity contribution < 1.29 is 13.9 Å². The minimum absolute atomic E-state index is 0.251. The van der Waals surface area contributed by atoms with Crippen LogP contribution in [0.25, 0.3) is 10.8 Å². The second-order valence-electron chi connectivity index (χ2n) is 5.14. The summed E-state index contributed by atoms with van der Waals surface area (Å²) in [5.41, 5.74) is 2.09. The van der Waals surface area contributed by atoms with Gasteiger partial charge in [0.05, 0.1) is 17.2 Å². The van der Waals surface area contributed by atoms with Crippen LogP contribution in [0, 0.1) is 0 Å². The molecule has 112 valence electrons. The SMILES string of the molecule is CCOC(=O)c1oc(-c2cc3c(s2)CCCC3)nc1CC. The van der Waals surface area contributed by atoms with E-state index in [0.29, 0.717) is 24.6 Å². The highest BCUT2D eigenvalue weighted by atomic mass is 32.1. The van der Waals surface area contributed by atoms with Crippen LogP contribution in [0.2, 0.25) is 0 Å². The van der Waals surface area contributed by atoms with E-state index in [1.54, 1.807) is 18.3 Å². The molecule has 4 nitrogen and oxygen atoms in total. The van der Waals surface area contributed by atoms with Crippen molar-refractivity contribution in [3.63, 3.8) is 0 Å². The van der Waals surface area contributed by atoms with E-state index in [-0.39, 0.29) is 5.76 Å². The van der Waals surface area contributed by atoms with Crippen LogP contribution >= 0.6 is 11.3 Å². The number of hydrogen-bond donors (Lipinski definition) is 0. The summed E-state index contributed by atoms with van der Waals surface area (Å²) in [4.78, 5) is 18.9. The zero-order valence-corrected chi connectivity index (χ0v) is 13.2. The van der Waals surface area contributed by atoms with Gasteiger partial charge in [0.1, 0.15) is 0 Å². The number of nitrogens with zero attached hydrogens (tertiary/aromatic N) is 1. The van der Waals surface area contributed by atoms with E-state index in [0.717, 1.165) is 17.7 Å². The molecular formula is C16H19NO3S. The lowest BCUT2D eigenvalue weighted by Gasteiger charge is -2.08. The maximum Gasteiger partial charge on any atom is 0.376 e. The van der Waals surface area contributed by atoms with Crippen molar-refractivity contribution >= 4 is 17.3 Å². The highest BCUT2D eigenvalue weighted by Crippen LogP contribution is 2.36. The van der Waals surface area contributed by atoms with Crippen LogP contribution in [0.1, 0.15) is 53.4 Å². The fourth-order valence-electron chi connectivity index (χ4n) is 2.65. The van der Waals surface area contributed by atoms with E-state index in [4.69, 9.17) is 9.15 Å². The van der Waals surface area contributed by atoms with Gasteiger partial charge in [0.15, 0.2) is 0 Å². The van der Waals surface area contributed by atoms with Crippen LogP contribution in [-0.4, -0.2) is 17.6 Å². The monoisotopic (exact) mass is 305 g/mol. The molecule has 5 heteroatoms. The number of aryl methyl sites for hydroxylation is 3. The highest BCUT2D eigenvalue weighted by Gasteiger charge is 2.23. The summed E-state index contributed by atoms with van der Waals surface area (Å²) >= 11 is 1.74. The Morgan fingerprint density at radius 1 is 1.38 bits per heavy atom. The third-order valence-corrected chi connectivity index (χ3v) is 4.93. The molecule has 1 aliphatic carbocycles. The maximum absolute atomic E-state index is 11.9. The lowest BCUT2D eigenvalue weighted by Crippen LogP contribution is -2.05. The first kappa shape index (κ1) is 14.3. The molecule has 0 bridgehead atoms. The Balaban J connectivity index is 1.95. The van der Waals surface area contributed by atoms with Crippen molar-refractivity contribution in [1.29, 1.82) is 0 Å². The Morgan fingerprint density at radius 2 is 2.19 bits per heavy atom. The number of carbonyl (C=O) groups is 1. The molecule has 0 unspecified atom stereocenters. The van der Waals surface area contributed by atoms with E-state index >= 15 is 0 Å². The Bertz CT molecular complexity index is 633. The summed E-state index contributed by atoms with van der Waals surface area (Å²) in [5.74, 6) is 0.379. The van der Waals surface area contributed by atoms with Crippen molar-refractivity contribution in [2.75, 3.05) is 6.61 Å². The fourth-order valence-corrected chi connectivity index (χ4v) is 3.83. The van der Waals surface area contributed by atoms with E-state index < -0.39 is 5.97 Å². The smallest absolute Gasteiger partial charge is 0.376 e. The van der Waals surface area contributed by atoms with Crippen LogP contribution in [0.15, 0.2) is 10.5 Å². The second kappa shape index (κ2) is 6.02. The molecule has 0 aliphatic heterocycles. The van der Waals surface area contributed by atoms with E-state index in [2.05, 4.69) is 11.1 Å². The molecule has 0 radical (unpaired) electrons. The number of oxazole rings is 1. The van der Waals surface area contributed by atoms with Gasteiger partial charge in [-0.1, -0.05) is 6.92 Å². The van der Waals surface area contributed by atoms with Crippen LogP contribution in [0.3, 0.4) is 0 Å². The first-order valence-electron chi connectivity index (χ1n) is 7.51. The Morgan fingerprint density at radius 3 is 2.90 bits per heavy atom. The molecule has 0 spiro atoms. The lowest BCUT2D eigenvalue weighted by atomic mass is 9.99. The van der Waals surface area contributed by atoms with Gasteiger partial charge in [-0.05, 0) is 50.7 Å². The Kier molecular flexibility index (Phi) is 4.10. The van der Waals surface area contributed by atoms with Crippen LogP contribution in [0.4, 0.5) is 0 Å². The van der Waals surface area contributed by atoms with Crippen LogP contribution in [0.5, 0.6) is 0 Å². The first-order valence-corrected chi connectivity index (χ1v) is 8.33. The number of rotatable bonds is 4. The summed E-state index contributed by atoms with van der Waals surface area (Å²) in [6.07, 6.45) is 5.45. The molecule has 21 heavy (non-hydrogen) atoms. The molecule has 2 aromatic rings. The summed E-state index contributed by atoms with van der Waals surface area (Å²) < 4.78 is 10.7. The minimum atomic E-state index is -0.422. The van der Waals surface area contributed by atoms with Crippen molar-refractivity contribution in [3.8, 4) is 10.8 Å². The normalized spacial score (nSPS) is 14.0. The number of fused-ring (bicyclic) bond motifs is 1. The number of thiophene rings is 1. The van der Waals surface area contributed by atoms with Gasteiger partial charge in [0.25, 0.3) is 0 Å². The second-order valence-corrected chi connectivity index (χ2v) is 6.27. The van der Waals surface area contributed by atoms with Gasteiger partial charge in [-0.25, -0.2) is 9.78 Å². The largest absolute Gasteiger partial charge is 0.460 e. The number of ether oxygens (including phenoxy) is 1. The Hall–Kier alpha value is -1.62. The standard InChI is InChI=1S/C16H19NO3S/c1-3-11-14(16(18)19-4-2)20-15(17-11)13-9-10-7-5-6-8-12(10)21-13/h9H,3-8H2,1-2H3. The molecular weight excluding hydrogens is 286 g/mol. The maximum atomic E-state index is 11.9. The van der Waals surface area contributed by atoms with Crippen molar-refractivity contribution in [3.05, 3.63) is 28.0 Å². The number of aromatic nitrogens is 1. The quantitative estimate of drug-likeness (QED) is 0.801. The fraction of sp³-hybridized carbons (Fsp3) is 0.500. The average molecular weight is 305 g/mol. The minimum Gasteiger partial charge on any atom is -0.460 e. The molecule has 0 amide bonds. The van der Waals surface area contributed by atoms with E-state index in [1.807, 2.05) is 6.92 Å². The van der Waals surface area contributed by atoms with Crippen molar-refractivity contribution in [2.24, 2.45) is 0 Å².